The second-order valence-electron chi connectivity index (χ2n) is 7.93. The van der Waals surface area contributed by atoms with E-state index in [1.807, 2.05) is 0 Å². The van der Waals surface area contributed by atoms with Crippen LogP contribution in [-0.2, 0) is 19.3 Å². The van der Waals surface area contributed by atoms with Crippen LogP contribution in [0.2, 0.25) is 0 Å². The smallest absolute Gasteiger partial charge is 0.295 e. The molecule has 1 saturated carbocycles. The highest BCUT2D eigenvalue weighted by Crippen LogP contribution is 2.60. The van der Waals surface area contributed by atoms with E-state index in [-0.39, 0.29) is 23.2 Å². The van der Waals surface area contributed by atoms with Gasteiger partial charge in [0.2, 0.25) is 0 Å². The van der Waals surface area contributed by atoms with Gasteiger partial charge in [0.15, 0.2) is 5.78 Å². The molecule has 0 aromatic carbocycles. The predicted octanol–water partition coefficient (Wildman–Crippen LogP) is 2.64. The van der Waals surface area contributed by atoms with E-state index in [0.717, 1.165) is 44.9 Å². The van der Waals surface area contributed by atoms with Crippen LogP contribution in [-0.4, -0.2) is 20.3 Å². The summed E-state index contributed by atoms with van der Waals surface area (Å²) in [5.74, 6) is 1.35. The minimum atomic E-state index is -3.87. The van der Waals surface area contributed by atoms with E-state index in [2.05, 4.69) is 13.0 Å². The Kier molecular flexibility index (Phi) is 3.79. The molecule has 4 rings (SSSR count). The molecule has 5 atom stereocenters. The summed E-state index contributed by atoms with van der Waals surface area (Å²) in [7, 11) is -3.87. The van der Waals surface area contributed by atoms with Crippen LogP contribution >= 0.6 is 0 Å². The van der Waals surface area contributed by atoms with E-state index >= 15 is 0 Å². The quantitative estimate of drug-likeness (QED) is 0.775. The van der Waals surface area contributed by atoms with Crippen LogP contribution in [0.25, 0.3) is 0 Å². The standard InChI is InChI=1S/C18H25NO4S/c1-11-17(20)7-9-18(11)8-6-15-14-4-3-13(23-24(19,21)22)10-12(14)2-5-16(15)18/h7,9,11-14H,2-6,8,10H2,1H3,(H2,19,21,22)/t11-,12?,13?,14?,18?/m0/s1. The van der Waals surface area contributed by atoms with Gasteiger partial charge < -0.3 is 0 Å². The first-order chi connectivity index (χ1) is 11.3. The van der Waals surface area contributed by atoms with Crippen molar-refractivity contribution in [3.63, 3.8) is 0 Å². The normalized spacial score (nSPS) is 41.8. The van der Waals surface area contributed by atoms with Crippen molar-refractivity contribution in [2.45, 2.75) is 58.0 Å². The van der Waals surface area contributed by atoms with Crippen molar-refractivity contribution in [2.24, 2.45) is 28.3 Å². The molecule has 24 heavy (non-hydrogen) atoms. The molecule has 4 unspecified atom stereocenters. The summed E-state index contributed by atoms with van der Waals surface area (Å²) < 4.78 is 27.4. The Morgan fingerprint density at radius 3 is 2.71 bits per heavy atom. The van der Waals surface area contributed by atoms with Crippen LogP contribution in [0.1, 0.15) is 51.9 Å². The third kappa shape index (κ3) is 2.50. The SMILES string of the molecule is C[C@H]1C(=O)C=CC12CCC1=C2CCC2CC(OS(N)(=O)=O)CCC12. The third-order valence-electron chi connectivity index (χ3n) is 6.92. The number of carbonyl (C=O) groups excluding carboxylic acids is 1. The summed E-state index contributed by atoms with van der Waals surface area (Å²) in [4.78, 5) is 12.1. The van der Waals surface area contributed by atoms with Crippen LogP contribution in [0.4, 0.5) is 0 Å². The fourth-order valence-corrected chi connectivity index (χ4v) is 6.34. The molecule has 4 aliphatic carbocycles. The van der Waals surface area contributed by atoms with Crippen molar-refractivity contribution in [3.05, 3.63) is 23.3 Å². The highest BCUT2D eigenvalue weighted by molar-refractivity contribution is 7.84. The van der Waals surface area contributed by atoms with Crippen LogP contribution in [0.15, 0.2) is 23.3 Å². The van der Waals surface area contributed by atoms with Gasteiger partial charge in [-0.15, -0.1) is 0 Å². The van der Waals surface area contributed by atoms with Crippen molar-refractivity contribution < 1.29 is 17.4 Å². The molecular weight excluding hydrogens is 326 g/mol. The van der Waals surface area contributed by atoms with Crippen molar-refractivity contribution in [2.75, 3.05) is 0 Å². The summed E-state index contributed by atoms with van der Waals surface area (Å²) in [6.45, 7) is 2.07. The lowest BCUT2D eigenvalue weighted by molar-refractivity contribution is -0.118. The van der Waals surface area contributed by atoms with Gasteiger partial charge in [-0.3, -0.25) is 8.98 Å². The molecule has 0 radical (unpaired) electrons. The fourth-order valence-electron chi connectivity index (χ4n) is 5.79. The molecule has 132 valence electrons. The predicted molar refractivity (Wildman–Crippen MR) is 90.0 cm³/mol. The maximum Gasteiger partial charge on any atom is 0.333 e. The van der Waals surface area contributed by atoms with E-state index in [4.69, 9.17) is 9.32 Å². The molecule has 2 N–H and O–H groups in total. The zero-order valence-electron chi connectivity index (χ0n) is 14.0. The van der Waals surface area contributed by atoms with Crippen LogP contribution in [0.3, 0.4) is 0 Å². The van der Waals surface area contributed by atoms with Crippen LogP contribution in [0.5, 0.6) is 0 Å². The molecule has 1 spiro atoms. The Hall–Kier alpha value is -0.980. The summed E-state index contributed by atoms with van der Waals surface area (Å²) in [6.07, 6.45) is 10.4. The Balaban J connectivity index is 1.57. The molecule has 0 aliphatic heterocycles. The maximum atomic E-state index is 12.1. The molecule has 0 aromatic heterocycles. The minimum absolute atomic E-state index is 0.0225. The van der Waals surface area contributed by atoms with Gasteiger partial charge in [-0.1, -0.05) is 24.1 Å². The third-order valence-corrected chi connectivity index (χ3v) is 7.46. The average Bonchev–Trinajstić information content (AvgIpc) is 3.02. The Morgan fingerprint density at radius 2 is 2.04 bits per heavy atom. The lowest BCUT2D eigenvalue weighted by atomic mass is 9.64. The number of nitrogens with two attached hydrogens (primary N) is 1. The zero-order chi connectivity index (χ0) is 17.1. The van der Waals surface area contributed by atoms with Gasteiger partial charge in [-0.25, -0.2) is 5.14 Å². The Morgan fingerprint density at radius 1 is 1.25 bits per heavy atom. The average molecular weight is 351 g/mol. The van der Waals surface area contributed by atoms with E-state index in [0.29, 0.717) is 11.8 Å². The van der Waals surface area contributed by atoms with Crippen LogP contribution in [0, 0.1) is 23.2 Å². The maximum absolute atomic E-state index is 12.1. The summed E-state index contributed by atoms with van der Waals surface area (Å²) in [5, 5.41) is 5.03. The number of hydrogen-bond acceptors (Lipinski definition) is 4. The number of allylic oxidation sites excluding steroid dienone is 4. The summed E-state index contributed by atoms with van der Waals surface area (Å²) in [6, 6.07) is 0. The van der Waals surface area contributed by atoms with E-state index in [1.54, 1.807) is 11.6 Å². The van der Waals surface area contributed by atoms with Gasteiger partial charge in [-0.2, -0.15) is 8.42 Å². The largest absolute Gasteiger partial charge is 0.333 e. The molecule has 0 amide bonds. The van der Waals surface area contributed by atoms with Gasteiger partial charge in [0.1, 0.15) is 0 Å². The van der Waals surface area contributed by atoms with E-state index in [1.165, 1.54) is 5.57 Å². The Labute approximate surface area is 143 Å². The molecule has 0 bridgehead atoms. The van der Waals surface area contributed by atoms with Gasteiger partial charge in [0, 0.05) is 11.3 Å². The first-order valence-corrected chi connectivity index (χ1v) is 10.4. The number of hydrogen-bond donors (Lipinski definition) is 1. The zero-order valence-corrected chi connectivity index (χ0v) is 14.8. The molecular formula is C18H25NO4S. The van der Waals surface area contributed by atoms with Crippen LogP contribution < -0.4 is 5.14 Å². The molecule has 1 fully saturated rings. The highest BCUT2D eigenvalue weighted by atomic mass is 32.2. The van der Waals surface area contributed by atoms with E-state index in [9.17, 15) is 13.2 Å². The fraction of sp³-hybridized carbons (Fsp3) is 0.722. The number of rotatable bonds is 2. The molecule has 0 aromatic rings. The lowest BCUT2D eigenvalue weighted by Gasteiger charge is -2.42. The van der Waals surface area contributed by atoms with Crippen molar-refractivity contribution in [3.8, 4) is 0 Å². The van der Waals surface area contributed by atoms with Gasteiger partial charge >= 0.3 is 10.3 Å². The van der Waals surface area contributed by atoms with E-state index < -0.39 is 10.3 Å². The minimum Gasteiger partial charge on any atom is -0.295 e. The van der Waals surface area contributed by atoms with Crippen molar-refractivity contribution >= 4 is 16.1 Å². The highest BCUT2D eigenvalue weighted by Gasteiger charge is 2.51. The lowest BCUT2D eigenvalue weighted by Crippen LogP contribution is -2.36. The topological polar surface area (TPSA) is 86.5 Å². The molecule has 5 nitrogen and oxygen atoms in total. The molecule has 0 saturated heterocycles. The Bertz CT molecular complexity index is 738. The van der Waals surface area contributed by atoms with Gasteiger partial charge in [0.05, 0.1) is 6.10 Å². The second-order valence-corrected chi connectivity index (χ2v) is 9.11. The molecule has 4 aliphatic rings. The van der Waals surface area contributed by atoms with Crippen molar-refractivity contribution in [1.82, 2.24) is 0 Å². The van der Waals surface area contributed by atoms with Crippen molar-refractivity contribution in [1.29, 1.82) is 0 Å². The first-order valence-electron chi connectivity index (χ1n) is 8.96. The number of fused-ring (bicyclic) bond motifs is 3. The van der Waals surface area contributed by atoms with Gasteiger partial charge in [-0.05, 0) is 62.9 Å². The summed E-state index contributed by atoms with van der Waals surface area (Å²) >= 11 is 0. The summed E-state index contributed by atoms with van der Waals surface area (Å²) in [5.41, 5.74) is 3.06. The first kappa shape index (κ1) is 16.5. The molecule has 6 heteroatoms. The molecule has 0 heterocycles. The number of ketones is 1. The monoisotopic (exact) mass is 351 g/mol. The van der Waals surface area contributed by atoms with Gasteiger partial charge in [0.25, 0.3) is 0 Å². The number of carbonyl (C=O) groups is 1. The second kappa shape index (κ2) is 5.51.